The van der Waals surface area contributed by atoms with Gasteiger partial charge in [-0.3, -0.25) is 4.79 Å². The highest BCUT2D eigenvalue weighted by Crippen LogP contribution is 2.21. The number of rotatable bonds is 4. The van der Waals surface area contributed by atoms with Crippen molar-refractivity contribution in [3.8, 4) is 0 Å². The summed E-state index contributed by atoms with van der Waals surface area (Å²) in [5, 5.41) is 7.61. The van der Waals surface area contributed by atoms with Crippen LogP contribution in [0.15, 0.2) is 15.9 Å². The van der Waals surface area contributed by atoms with E-state index in [2.05, 4.69) is 26.6 Å². The van der Waals surface area contributed by atoms with Gasteiger partial charge in [0.1, 0.15) is 0 Å². The van der Waals surface area contributed by atoms with E-state index in [1.807, 2.05) is 11.4 Å². The predicted molar refractivity (Wildman–Crippen MR) is 57.8 cm³/mol. The molecule has 0 atom stereocenters. The Bertz CT molecular complexity index is 287. The Morgan fingerprint density at radius 3 is 3.00 bits per heavy atom. The normalized spacial score (nSPS) is 10.0. The number of likely N-dealkylation sites (N-methyl/N-ethyl adjacent to an activating group) is 1. The molecule has 0 saturated heterocycles. The van der Waals surface area contributed by atoms with Crippen molar-refractivity contribution in [2.45, 2.75) is 6.54 Å². The van der Waals surface area contributed by atoms with E-state index in [4.69, 9.17) is 0 Å². The number of hydrogen-bond donors (Lipinski definition) is 2. The summed E-state index contributed by atoms with van der Waals surface area (Å²) in [5.74, 6) is 0.00711. The summed E-state index contributed by atoms with van der Waals surface area (Å²) in [6.45, 7) is 1.09. The third-order valence-corrected chi connectivity index (χ3v) is 3.47. The van der Waals surface area contributed by atoms with Crippen LogP contribution in [-0.4, -0.2) is 19.5 Å². The summed E-state index contributed by atoms with van der Waals surface area (Å²) in [5.41, 5.74) is 0. The molecule has 72 valence electrons. The fourth-order valence-corrected chi connectivity index (χ4v) is 2.29. The quantitative estimate of drug-likeness (QED) is 0.860. The lowest BCUT2D eigenvalue weighted by Crippen LogP contribution is -2.30. The summed E-state index contributed by atoms with van der Waals surface area (Å²) in [6, 6.07) is 2.00. The molecule has 3 nitrogen and oxygen atoms in total. The topological polar surface area (TPSA) is 41.1 Å². The molecule has 0 aromatic carbocycles. The molecule has 0 unspecified atom stereocenters. The highest BCUT2D eigenvalue weighted by atomic mass is 79.9. The molecule has 0 spiro atoms. The standard InChI is InChI=1S/C8H11BrN2OS/c1-10-8(12)5-11-4-7-6(9)2-3-13-7/h2-3,11H,4-5H2,1H3,(H,10,12). The summed E-state index contributed by atoms with van der Waals surface area (Å²) < 4.78 is 1.10. The van der Waals surface area contributed by atoms with Gasteiger partial charge in [0.25, 0.3) is 0 Å². The van der Waals surface area contributed by atoms with Crippen molar-refractivity contribution < 1.29 is 4.79 Å². The molecule has 0 fully saturated rings. The van der Waals surface area contributed by atoms with Crippen LogP contribution in [0.5, 0.6) is 0 Å². The van der Waals surface area contributed by atoms with Gasteiger partial charge in [0.2, 0.25) is 5.91 Å². The van der Waals surface area contributed by atoms with Crippen LogP contribution in [0.3, 0.4) is 0 Å². The summed E-state index contributed by atoms with van der Waals surface area (Å²) >= 11 is 5.09. The molecular weight excluding hydrogens is 252 g/mol. The van der Waals surface area contributed by atoms with E-state index in [0.717, 1.165) is 11.0 Å². The van der Waals surface area contributed by atoms with E-state index >= 15 is 0 Å². The van der Waals surface area contributed by atoms with Crippen molar-refractivity contribution in [1.29, 1.82) is 0 Å². The van der Waals surface area contributed by atoms with Crippen molar-refractivity contribution in [3.63, 3.8) is 0 Å². The van der Waals surface area contributed by atoms with Crippen LogP contribution in [0.1, 0.15) is 4.88 Å². The molecule has 0 aliphatic rings. The largest absolute Gasteiger partial charge is 0.358 e. The Kier molecular flexibility index (Phi) is 4.41. The Morgan fingerprint density at radius 2 is 2.46 bits per heavy atom. The van der Waals surface area contributed by atoms with E-state index in [1.165, 1.54) is 4.88 Å². The molecule has 0 radical (unpaired) electrons. The summed E-state index contributed by atoms with van der Waals surface area (Å²) in [6.07, 6.45) is 0. The van der Waals surface area contributed by atoms with E-state index in [-0.39, 0.29) is 5.91 Å². The molecule has 0 aliphatic heterocycles. The number of amides is 1. The van der Waals surface area contributed by atoms with Gasteiger partial charge in [0.05, 0.1) is 6.54 Å². The highest BCUT2D eigenvalue weighted by molar-refractivity contribution is 9.10. The first-order chi connectivity index (χ1) is 6.24. The number of thiophene rings is 1. The van der Waals surface area contributed by atoms with Gasteiger partial charge in [-0.2, -0.15) is 0 Å². The Balaban J connectivity index is 2.28. The lowest BCUT2D eigenvalue weighted by Gasteiger charge is -2.01. The second-order valence-corrected chi connectivity index (χ2v) is 4.32. The van der Waals surface area contributed by atoms with E-state index in [9.17, 15) is 4.79 Å². The van der Waals surface area contributed by atoms with Crippen LogP contribution in [-0.2, 0) is 11.3 Å². The first-order valence-corrected chi connectivity index (χ1v) is 5.54. The zero-order valence-corrected chi connectivity index (χ0v) is 9.67. The van der Waals surface area contributed by atoms with Crippen LogP contribution in [0, 0.1) is 0 Å². The zero-order valence-electron chi connectivity index (χ0n) is 7.26. The van der Waals surface area contributed by atoms with Gasteiger partial charge in [-0.05, 0) is 27.4 Å². The van der Waals surface area contributed by atoms with Gasteiger partial charge in [-0.15, -0.1) is 11.3 Å². The zero-order chi connectivity index (χ0) is 9.68. The van der Waals surface area contributed by atoms with Gasteiger partial charge in [-0.25, -0.2) is 0 Å². The van der Waals surface area contributed by atoms with Gasteiger partial charge in [0.15, 0.2) is 0 Å². The average molecular weight is 263 g/mol. The molecule has 1 aromatic heterocycles. The monoisotopic (exact) mass is 262 g/mol. The molecule has 5 heteroatoms. The fraction of sp³-hybridized carbons (Fsp3) is 0.375. The molecule has 0 bridgehead atoms. The second-order valence-electron chi connectivity index (χ2n) is 2.47. The van der Waals surface area contributed by atoms with Crippen LogP contribution in [0.2, 0.25) is 0 Å². The van der Waals surface area contributed by atoms with Gasteiger partial charge in [-0.1, -0.05) is 0 Å². The fourth-order valence-electron chi connectivity index (χ4n) is 0.829. The highest BCUT2D eigenvalue weighted by Gasteiger charge is 2.01. The minimum atomic E-state index is 0.00711. The lowest BCUT2D eigenvalue weighted by atomic mass is 10.4. The predicted octanol–water partition coefficient (Wildman–Crippen LogP) is 1.35. The van der Waals surface area contributed by atoms with Gasteiger partial charge in [0, 0.05) is 22.9 Å². The molecule has 0 saturated carbocycles. The lowest BCUT2D eigenvalue weighted by molar-refractivity contribution is -0.119. The molecule has 0 aliphatic carbocycles. The third kappa shape index (κ3) is 3.46. The Hall–Kier alpha value is -0.390. The number of carbonyl (C=O) groups is 1. The van der Waals surface area contributed by atoms with E-state index in [0.29, 0.717) is 6.54 Å². The molecular formula is C8H11BrN2OS. The number of carbonyl (C=O) groups excluding carboxylic acids is 1. The minimum Gasteiger partial charge on any atom is -0.358 e. The Morgan fingerprint density at radius 1 is 1.69 bits per heavy atom. The molecule has 1 rings (SSSR count). The first-order valence-electron chi connectivity index (χ1n) is 3.87. The average Bonchev–Trinajstić information content (AvgIpc) is 2.52. The Labute approximate surface area is 89.7 Å². The smallest absolute Gasteiger partial charge is 0.233 e. The van der Waals surface area contributed by atoms with Crippen LogP contribution in [0.25, 0.3) is 0 Å². The van der Waals surface area contributed by atoms with Crippen molar-refractivity contribution in [3.05, 3.63) is 20.8 Å². The van der Waals surface area contributed by atoms with Crippen molar-refractivity contribution in [2.24, 2.45) is 0 Å². The SMILES string of the molecule is CNC(=O)CNCc1sccc1Br. The number of halogens is 1. The maximum Gasteiger partial charge on any atom is 0.233 e. The summed E-state index contributed by atoms with van der Waals surface area (Å²) in [7, 11) is 1.63. The number of nitrogens with one attached hydrogen (secondary N) is 2. The van der Waals surface area contributed by atoms with Crippen LogP contribution < -0.4 is 10.6 Å². The molecule has 1 aromatic rings. The second kappa shape index (κ2) is 5.36. The van der Waals surface area contributed by atoms with E-state index in [1.54, 1.807) is 18.4 Å². The van der Waals surface area contributed by atoms with E-state index < -0.39 is 0 Å². The van der Waals surface area contributed by atoms with Crippen LogP contribution >= 0.6 is 27.3 Å². The van der Waals surface area contributed by atoms with Gasteiger partial charge >= 0.3 is 0 Å². The van der Waals surface area contributed by atoms with Crippen molar-refractivity contribution in [1.82, 2.24) is 10.6 Å². The minimum absolute atomic E-state index is 0.00711. The maximum absolute atomic E-state index is 10.8. The van der Waals surface area contributed by atoms with Crippen molar-refractivity contribution >= 4 is 33.2 Å². The van der Waals surface area contributed by atoms with Crippen LogP contribution in [0.4, 0.5) is 0 Å². The molecule has 1 heterocycles. The van der Waals surface area contributed by atoms with Crippen molar-refractivity contribution in [2.75, 3.05) is 13.6 Å². The molecule has 2 N–H and O–H groups in total. The van der Waals surface area contributed by atoms with Gasteiger partial charge < -0.3 is 10.6 Å². The summed E-state index contributed by atoms with van der Waals surface area (Å²) in [4.78, 5) is 12.1. The molecule has 13 heavy (non-hydrogen) atoms. The first kappa shape index (κ1) is 10.7. The molecule has 1 amide bonds. The number of hydrogen-bond acceptors (Lipinski definition) is 3. The third-order valence-electron chi connectivity index (χ3n) is 1.54. The maximum atomic E-state index is 10.8.